The Hall–Kier alpha value is -7.43. The van der Waals surface area contributed by atoms with E-state index in [4.69, 9.17) is 0 Å². The fraction of sp³-hybridized carbons (Fsp3) is 0.392. The summed E-state index contributed by atoms with van der Waals surface area (Å²) in [4.78, 5) is 124. The molecule has 68 heavy (non-hydrogen) atoms. The normalized spacial score (nSPS) is 22.9. The highest BCUT2D eigenvalue weighted by atomic mass is 16.2. The minimum absolute atomic E-state index is 0.0407. The molecule has 360 valence electrons. The van der Waals surface area contributed by atoms with Gasteiger partial charge in [0.25, 0.3) is 0 Å². The lowest BCUT2D eigenvalue weighted by Crippen LogP contribution is -2.66. The van der Waals surface area contributed by atoms with Crippen LogP contribution in [-0.2, 0) is 51.2 Å². The van der Waals surface area contributed by atoms with Gasteiger partial charge in [-0.15, -0.1) is 0 Å². The van der Waals surface area contributed by atoms with Gasteiger partial charge in [-0.05, 0) is 91.1 Å². The molecule has 0 saturated carbocycles. The number of hydrogen-bond donors (Lipinski definition) is 8. The molecule has 0 bridgehead atoms. The van der Waals surface area contributed by atoms with Crippen LogP contribution in [0.25, 0.3) is 10.8 Å². The van der Waals surface area contributed by atoms with E-state index in [0.29, 0.717) is 22.3 Å². The molecule has 4 aromatic carbocycles. The molecule has 17 nitrogen and oxygen atoms in total. The van der Waals surface area contributed by atoms with Crippen molar-refractivity contribution in [3.8, 4) is 0 Å². The Kier molecular flexibility index (Phi) is 15.6. The first-order valence-electron chi connectivity index (χ1n) is 22.4. The highest BCUT2D eigenvalue weighted by molar-refractivity contribution is 6.09. The van der Waals surface area contributed by atoms with E-state index < -0.39 is 93.6 Å². The Bertz CT molecular complexity index is 2610. The standard InChI is InChI=1S/C51H62N8O9/c1-29-40(61)56-48(3,4)44(65)52-30(2)41(62)57-50(7,8)46(67)54-37(27-31-20-24-35(25-21-31)39(60)34-17-12-11-13-18-34)42(63)59-51(9,10)47(68)55-38(43(64)58-49(5,6)45(66)53-29)28-32-22-23-33-16-14-15-19-36(33)26-32/h11-26,29-30,37-38H,27-28H2,1-10H3,(H,52,65)(H,53,66)(H,54,67)(H,55,68)(H,56,61)(H,57,62)(H,58,64)(H,59,63)/t29?,30-,37?,38?/m1/s1. The summed E-state index contributed by atoms with van der Waals surface area (Å²) >= 11 is 0. The maximum absolute atomic E-state index is 14.4. The van der Waals surface area contributed by atoms with Gasteiger partial charge in [-0.2, -0.15) is 0 Å². The second kappa shape index (κ2) is 20.6. The van der Waals surface area contributed by atoms with Gasteiger partial charge >= 0.3 is 0 Å². The first-order valence-corrected chi connectivity index (χ1v) is 22.4. The number of nitrogens with one attached hydrogen (secondary N) is 8. The summed E-state index contributed by atoms with van der Waals surface area (Å²) in [6, 6.07) is 23.2. The highest BCUT2D eigenvalue weighted by Crippen LogP contribution is 2.19. The SMILES string of the molecule is CC1NC(=O)C(C)(C)NC(=O)C(Cc2ccc3ccccc3c2)NC(=O)C(C)(C)NC(=O)C(Cc2ccc(C(=O)c3ccccc3)cc2)NC(=O)C(C)(C)NC(=O)[C@@H](C)NC(=O)C(C)(C)NC1=O. The second-order valence-electron chi connectivity index (χ2n) is 19.4. The van der Waals surface area contributed by atoms with Crippen LogP contribution in [0.4, 0.5) is 0 Å². The molecule has 0 radical (unpaired) electrons. The molecule has 1 heterocycles. The van der Waals surface area contributed by atoms with Gasteiger partial charge in [-0.1, -0.05) is 97.1 Å². The number of rotatable bonds is 6. The molecule has 0 spiro atoms. The molecule has 1 fully saturated rings. The van der Waals surface area contributed by atoms with Crippen LogP contribution in [0, 0.1) is 0 Å². The van der Waals surface area contributed by atoms with E-state index in [1.165, 1.54) is 69.2 Å². The maximum atomic E-state index is 14.4. The molecular formula is C51H62N8O9. The van der Waals surface area contributed by atoms with Crippen molar-refractivity contribution in [2.24, 2.45) is 0 Å². The summed E-state index contributed by atoms with van der Waals surface area (Å²) < 4.78 is 0. The Balaban J connectivity index is 1.51. The largest absolute Gasteiger partial charge is 0.343 e. The molecular weight excluding hydrogens is 869 g/mol. The monoisotopic (exact) mass is 930 g/mol. The third-order valence-electron chi connectivity index (χ3n) is 11.7. The number of fused-ring (bicyclic) bond motifs is 1. The van der Waals surface area contributed by atoms with Gasteiger partial charge in [0.05, 0.1) is 0 Å². The van der Waals surface area contributed by atoms with Crippen molar-refractivity contribution in [1.29, 1.82) is 0 Å². The Morgan fingerprint density at radius 1 is 0.412 bits per heavy atom. The van der Waals surface area contributed by atoms with E-state index >= 15 is 0 Å². The fourth-order valence-electron chi connectivity index (χ4n) is 7.22. The van der Waals surface area contributed by atoms with Crippen molar-refractivity contribution in [3.63, 3.8) is 0 Å². The lowest BCUT2D eigenvalue weighted by Gasteiger charge is -2.34. The van der Waals surface area contributed by atoms with Crippen LogP contribution >= 0.6 is 0 Å². The van der Waals surface area contributed by atoms with Crippen molar-refractivity contribution < 1.29 is 43.2 Å². The summed E-state index contributed by atoms with van der Waals surface area (Å²) in [5, 5.41) is 23.0. The lowest BCUT2D eigenvalue weighted by molar-refractivity contribution is -0.140. The van der Waals surface area contributed by atoms with Gasteiger partial charge in [-0.25, -0.2) is 0 Å². The van der Waals surface area contributed by atoms with Gasteiger partial charge in [0.1, 0.15) is 46.3 Å². The number of benzene rings is 4. The molecule has 1 saturated heterocycles. The molecule has 5 rings (SSSR count). The Morgan fingerprint density at radius 2 is 0.765 bits per heavy atom. The predicted molar refractivity (Wildman–Crippen MR) is 256 cm³/mol. The summed E-state index contributed by atoms with van der Waals surface area (Å²) in [5.74, 6) is -6.38. The molecule has 4 aromatic rings. The first kappa shape index (κ1) is 51.6. The van der Waals surface area contributed by atoms with Crippen LogP contribution in [-0.4, -0.2) is 99.4 Å². The van der Waals surface area contributed by atoms with Gasteiger partial charge < -0.3 is 42.5 Å². The average molecular weight is 931 g/mol. The second-order valence-corrected chi connectivity index (χ2v) is 19.4. The van der Waals surface area contributed by atoms with Crippen LogP contribution in [0.2, 0.25) is 0 Å². The first-order chi connectivity index (χ1) is 31.7. The van der Waals surface area contributed by atoms with Gasteiger partial charge in [0, 0.05) is 24.0 Å². The summed E-state index contributed by atoms with van der Waals surface area (Å²) in [6.45, 7) is 14.0. The number of hydrogen-bond acceptors (Lipinski definition) is 9. The Labute approximate surface area is 396 Å². The van der Waals surface area contributed by atoms with Crippen LogP contribution in [0.1, 0.15) is 96.3 Å². The number of carbonyl (C=O) groups excluding carboxylic acids is 9. The summed E-state index contributed by atoms with van der Waals surface area (Å²) in [5.41, 5.74) is -4.61. The van der Waals surface area contributed by atoms with Crippen LogP contribution in [0.5, 0.6) is 0 Å². The zero-order chi connectivity index (χ0) is 50.4. The van der Waals surface area contributed by atoms with E-state index in [0.717, 1.165) is 10.8 Å². The van der Waals surface area contributed by atoms with Gasteiger partial charge in [-0.3, -0.25) is 43.2 Å². The molecule has 3 unspecified atom stereocenters. The van der Waals surface area contributed by atoms with Crippen LogP contribution < -0.4 is 42.5 Å². The average Bonchev–Trinajstić information content (AvgIpc) is 3.27. The van der Waals surface area contributed by atoms with Crippen LogP contribution in [0.15, 0.2) is 97.1 Å². The molecule has 0 aliphatic carbocycles. The molecule has 0 aromatic heterocycles. The number of amides is 8. The van der Waals surface area contributed by atoms with Crippen molar-refractivity contribution in [2.75, 3.05) is 0 Å². The summed E-state index contributed by atoms with van der Waals surface area (Å²) in [7, 11) is 0. The van der Waals surface area contributed by atoms with E-state index in [1.807, 2.05) is 42.5 Å². The van der Waals surface area contributed by atoms with Crippen molar-refractivity contribution in [3.05, 3.63) is 119 Å². The topological polar surface area (TPSA) is 250 Å². The molecule has 8 amide bonds. The molecule has 1 aliphatic rings. The van der Waals surface area contributed by atoms with Gasteiger partial charge in [0.15, 0.2) is 5.78 Å². The third-order valence-corrected chi connectivity index (χ3v) is 11.7. The Morgan fingerprint density at radius 3 is 1.22 bits per heavy atom. The predicted octanol–water partition coefficient (Wildman–Crippen LogP) is 2.43. The van der Waals surface area contributed by atoms with Gasteiger partial charge in [0.2, 0.25) is 47.3 Å². The lowest BCUT2D eigenvalue weighted by atomic mass is 9.96. The van der Waals surface area contributed by atoms with Crippen molar-refractivity contribution in [1.82, 2.24) is 42.5 Å². The van der Waals surface area contributed by atoms with E-state index in [-0.39, 0.29) is 18.6 Å². The quantitative estimate of drug-likeness (QED) is 0.132. The third kappa shape index (κ3) is 12.9. The maximum Gasteiger partial charge on any atom is 0.245 e. The van der Waals surface area contributed by atoms with E-state index in [1.54, 1.807) is 54.6 Å². The highest BCUT2D eigenvalue weighted by Gasteiger charge is 2.41. The minimum Gasteiger partial charge on any atom is -0.343 e. The minimum atomic E-state index is -1.73. The number of carbonyl (C=O) groups is 9. The van der Waals surface area contributed by atoms with Crippen LogP contribution in [0.3, 0.4) is 0 Å². The number of ketones is 1. The molecule has 4 atom stereocenters. The zero-order valence-electron chi connectivity index (χ0n) is 40.1. The smallest absolute Gasteiger partial charge is 0.245 e. The zero-order valence-corrected chi connectivity index (χ0v) is 40.1. The summed E-state index contributed by atoms with van der Waals surface area (Å²) in [6.07, 6.45) is -0.171. The van der Waals surface area contributed by atoms with Crippen molar-refractivity contribution >= 4 is 63.8 Å². The molecule has 8 N–H and O–H groups in total. The fourth-order valence-corrected chi connectivity index (χ4v) is 7.22. The molecule has 1 aliphatic heterocycles. The van der Waals surface area contributed by atoms with Crippen molar-refractivity contribution in [2.45, 2.75) is 128 Å². The van der Waals surface area contributed by atoms with E-state index in [2.05, 4.69) is 42.5 Å². The van der Waals surface area contributed by atoms with E-state index in [9.17, 15) is 43.2 Å². The molecule has 17 heteroatoms.